The molecule has 0 aliphatic heterocycles. The smallest absolute Gasteiger partial charge is 0.270 e. The first-order chi connectivity index (χ1) is 11.8. The predicted molar refractivity (Wildman–Crippen MR) is 94.2 cm³/mol. The van der Waals surface area contributed by atoms with Crippen LogP contribution < -0.4 is 9.46 Å². The molecular weight excluding hydrogens is 344 g/mol. The van der Waals surface area contributed by atoms with Crippen LogP contribution in [-0.4, -0.2) is 20.5 Å². The minimum Gasteiger partial charge on any atom is -0.497 e. The summed E-state index contributed by atoms with van der Waals surface area (Å²) in [5.74, 6) is 0.677. The molecule has 2 aromatic carbocycles. The summed E-state index contributed by atoms with van der Waals surface area (Å²) < 4.78 is 33.2. The van der Waals surface area contributed by atoms with E-state index in [0.29, 0.717) is 17.7 Å². The van der Waals surface area contributed by atoms with Crippen molar-refractivity contribution in [2.75, 3.05) is 7.11 Å². The van der Waals surface area contributed by atoms with Crippen LogP contribution in [0.15, 0.2) is 47.4 Å². The maximum atomic E-state index is 12.7. The van der Waals surface area contributed by atoms with Crippen LogP contribution >= 0.6 is 0 Å². The summed E-state index contributed by atoms with van der Waals surface area (Å²) in [6, 6.07) is 10.4. The molecule has 0 saturated carbocycles. The molecule has 8 heteroatoms. The normalized spacial score (nSPS) is 12.6. The molecule has 0 saturated heterocycles. The molecule has 2 aromatic rings. The number of aryl methyl sites for hydroxylation is 1. The zero-order chi connectivity index (χ0) is 18.6. The van der Waals surface area contributed by atoms with Gasteiger partial charge in [0.15, 0.2) is 0 Å². The molecule has 1 unspecified atom stereocenters. The van der Waals surface area contributed by atoms with Crippen LogP contribution in [0.3, 0.4) is 0 Å². The first-order valence-electron chi connectivity index (χ1n) is 7.69. The lowest BCUT2D eigenvalue weighted by molar-refractivity contribution is -0.385. The van der Waals surface area contributed by atoms with Gasteiger partial charge in [0.2, 0.25) is 10.0 Å². The van der Waals surface area contributed by atoms with Gasteiger partial charge in [0.05, 0.1) is 16.9 Å². The van der Waals surface area contributed by atoms with Gasteiger partial charge in [-0.2, -0.15) is 0 Å². The van der Waals surface area contributed by atoms with Crippen molar-refractivity contribution < 1.29 is 18.1 Å². The lowest BCUT2D eigenvalue weighted by Gasteiger charge is -2.18. The second-order valence-electron chi connectivity index (χ2n) is 5.56. The molecule has 0 heterocycles. The number of hydrogen-bond acceptors (Lipinski definition) is 5. The second-order valence-corrected chi connectivity index (χ2v) is 7.24. The van der Waals surface area contributed by atoms with Crippen LogP contribution in [0.1, 0.15) is 30.5 Å². The van der Waals surface area contributed by atoms with E-state index in [4.69, 9.17) is 4.74 Å². The Labute approximate surface area is 146 Å². The molecule has 2 rings (SSSR count). The minimum atomic E-state index is -3.91. The lowest BCUT2D eigenvalue weighted by Crippen LogP contribution is -2.29. The monoisotopic (exact) mass is 364 g/mol. The first kappa shape index (κ1) is 18.9. The van der Waals surface area contributed by atoms with Gasteiger partial charge in [-0.25, -0.2) is 13.1 Å². The molecule has 25 heavy (non-hydrogen) atoms. The van der Waals surface area contributed by atoms with E-state index in [-0.39, 0.29) is 10.6 Å². The van der Waals surface area contributed by atoms with Gasteiger partial charge in [-0.1, -0.05) is 25.1 Å². The molecule has 1 N–H and O–H groups in total. The van der Waals surface area contributed by atoms with E-state index >= 15 is 0 Å². The largest absolute Gasteiger partial charge is 0.497 e. The number of ether oxygens (including phenoxy) is 1. The van der Waals surface area contributed by atoms with Crippen molar-refractivity contribution in [3.05, 3.63) is 63.7 Å². The number of nitro groups is 1. The molecule has 0 radical (unpaired) electrons. The number of benzene rings is 2. The fourth-order valence-corrected chi connectivity index (χ4v) is 4.04. The van der Waals surface area contributed by atoms with E-state index in [9.17, 15) is 18.5 Å². The Hall–Kier alpha value is -2.45. The van der Waals surface area contributed by atoms with Gasteiger partial charge < -0.3 is 4.74 Å². The molecule has 1 atom stereocenters. The number of non-ortho nitro benzene ring substituents is 1. The summed E-state index contributed by atoms with van der Waals surface area (Å²) in [6.45, 7) is 3.46. The van der Waals surface area contributed by atoms with Gasteiger partial charge in [-0.15, -0.1) is 0 Å². The van der Waals surface area contributed by atoms with Crippen LogP contribution in [0.5, 0.6) is 5.75 Å². The first-order valence-corrected chi connectivity index (χ1v) is 9.18. The summed E-state index contributed by atoms with van der Waals surface area (Å²) in [5, 5.41) is 10.9. The molecule has 0 amide bonds. The lowest BCUT2D eigenvalue weighted by atomic mass is 10.1. The molecule has 0 aliphatic carbocycles. The van der Waals surface area contributed by atoms with Crippen molar-refractivity contribution in [3.63, 3.8) is 0 Å². The summed E-state index contributed by atoms with van der Waals surface area (Å²) in [6.07, 6.45) is 0.527. The van der Waals surface area contributed by atoms with E-state index < -0.39 is 21.0 Å². The average Bonchev–Trinajstić information content (AvgIpc) is 2.59. The molecule has 0 fully saturated rings. The number of methoxy groups -OCH3 is 1. The number of rotatable bonds is 7. The molecule has 134 valence electrons. The highest BCUT2D eigenvalue weighted by Crippen LogP contribution is 2.26. The third-order valence-electron chi connectivity index (χ3n) is 3.90. The van der Waals surface area contributed by atoms with Gasteiger partial charge in [-0.3, -0.25) is 10.1 Å². The third kappa shape index (κ3) is 4.34. The van der Waals surface area contributed by atoms with E-state index in [1.165, 1.54) is 12.1 Å². The fraction of sp³-hybridized carbons (Fsp3) is 0.294. The van der Waals surface area contributed by atoms with E-state index in [0.717, 1.165) is 11.6 Å². The zero-order valence-corrected chi connectivity index (χ0v) is 15.0. The van der Waals surface area contributed by atoms with Gasteiger partial charge >= 0.3 is 0 Å². The molecule has 0 spiro atoms. The highest BCUT2D eigenvalue weighted by molar-refractivity contribution is 7.89. The summed E-state index contributed by atoms with van der Waals surface area (Å²) in [5.41, 5.74) is 0.973. The Balaban J connectivity index is 2.35. The molecule has 7 nitrogen and oxygen atoms in total. The summed E-state index contributed by atoms with van der Waals surface area (Å²) in [4.78, 5) is 10.2. The highest BCUT2D eigenvalue weighted by atomic mass is 32.2. The Morgan fingerprint density at radius 1 is 1.20 bits per heavy atom. The number of hydrogen-bond donors (Lipinski definition) is 1. The Morgan fingerprint density at radius 2 is 1.84 bits per heavy atom. The fourth-order valence-electron chi connectivity index (χ4n) is 2.47. The standard InChI is InChI=1S/C17H20N2O5S/c1-4-16(13-6-9-15(24-3)10-7-13)18-25(22,23)17-11-14(19(20)21)8-5-12(17)2/h5-11,16,18H,4H2,1-3H3. The number of nitro benzene ring substituents is 1. The summed E-state index contributed by atoms with van der Waals surface area (Å²) >= 11 is 0. The topological polar surface area (TPSA) is 98.5 Å². The van der Waals surface area contributed by atoms with Crippen LogP contribution in [-0.2, 0) is 10.0 Å². The SMILES string of the molecule is CCC(NS(=O)(=O)c1cc([N+](=O)[O-])ccc1C)c1ccc(OC)cc1. The summed E-state index contributed by atoms with van der Waals surface area (Å²) in [7, 11) is -2.35. The van der Waals surface area contributed by atoms with Crippen LogP contribution in [0.4, 0.5) is 5.69 Å². The number of sulfonamides is 1. The Kier molecular flexibility index (Phi) is 5.76. The zero-order valence-electron chi connectivity index (χ0n) is 14.2. The van der Waals surface area contributed by atoms with E-state index in [2.05, 4.69) is 4.72 Å². The van der Waals surface area contributed by atoms with E-state index in [1.54, 1.807) is 38.3 Å². The Bertz CT molecular complexity index is 863. The highest BCUT2D eigenvalue weighted by Gasteiger charge is 2.24. The third-order valence-corrected chi connectivity index (χ3v) is 5.51. The molecule has 0 aromatic heterocycles. The Morgan fingerprint density at radius 3 is 2.36 bits per heavy atom. The average molecular weight is 364 g/mol. The van der Waals surface area contributed by atoms with Crippen LogP contribution in [0.2, 0.25) is 0 Å². The number of nitrogens with zero attached hydrogens (tertiary/aromatic N) is 1. The van der Waals surface area contributed by atoms with Crippen molar-refractivity contribution in [1.29, 1.82) is 0 Å². The van der Waals surface area contributed by atoms with Gasteiger partial charge in [-0.05, 0) is 36.6 Å². The molecule has 0 aliphatic rings. The predicted octanol–water partition coefficient (Wildman–Crippen LogP) is 3.34. The minimum absolute atomic E-state index is 0.0892. The van der Waals surface area contributed by atoms with Crippen molar-refractivity contribution in [3.8, 4) is 5.75 Å². The van der Waals surface area contributed by atoms with Gasteiger partial charge in [0.1, 0.15) is 5.75 Å². The van der Waals surface area contributed by atoms with Crippen molar-refractivity contribution in [2.24, 2.45) is 0 Å². The molecular formula is C17H20N2O5S. The van der Waals surface area contributed by atoms with Crippen LogP contribution in [0, 0.1) is 17.0 Å². The van der Waals surface area contributed by atoms with E-state index in [1.807, 2.05) is 6.92 Å². The second kappa shape index (κ2) is 7.62. The molecule has 0 bridgehead atoms. The van der Waals surface area contributed by atoms with Gasteiger partial charge in [0, 0.05) is 18.2 Å². The van der Waals surface area contributed by atoms with Crippen molar-refractivity contribution in [1.82, 2.24) is 4.72 Å². The quantitative estimate of drug-likeness (QED) is 0.600. The number of nitrogens with one attached hydrogen (secondary N) is 1. The maximum absolute atomic E-state index is 12.7. The van der Waals surface area contributed by atoms with Crippen LogP contribution in [0.25, 0.3) is 0 Å². The van der Waals surface area contributed by atoms with Gasteiger partial charge in [0.25, 0.3) is 5.69 Å². The van der Waals surface area contributed by atoms with Crippen molar-refractivity contribution in [2.45, 2.75) is 31.2 Å². The van der Waals surface area contributed by atoms with Crippen molar-refractivity contribution >= 4 is 15.7 Å². The maximum Gasteiger partial charge on any atom is 0.270 e.